The van der Waals surface area contributed by atoms with E-state index in [1.165, 1.54) is 22.7 Å². The Labute approximate surface area is 204 Å². The van der Waals surface area contributed by atoms with E-state index < -0.39 is 17.2 Å². The first-order chi connectivity index (χ1) is 16.1. The van der Waals surface area contributed by atoms with Gasteiger partial charge in [0.1, 0.15) is 5.82 Å². The zero-order chi connectivity index (χ0) is 25.4. The standard InChI is InChI=1S/C24H33ClN4O5/c1-6-8-11-28-22(26)20(23(31)27-24(28)32)29(14-15(3)4)19(30)10-9-16-12-17(25)21(33-5)18(13-16)34-7-2/h9-10,12-13,15H,6-8,11,14,26H2,1-5H3,(H,27,31,32)/b10-9+. The topological polar surface area (TPSA) is 120 Å². The van der Waals surface area contributed by atoms with Gasteiger partial charge in [0.25, 0.3) is 11.5 Å². The van der Waals surface area contributed by atoms with Gasteiger partial charge >= 0.3 is 5.69 Å². The molecule has 186 valence electrons. The van der Waals surface area contributed by atoms with Gasteiger partial charge in [-0.1, -0.05) is 38.8 Å². The minimum atomic E-state index is -0.705. The molecule has 34 heavy (non-hydrogen) atoms. The minimum Gasteiger partial charge on any atom is -0.491 e. The Bertz CT molecular complexity index is 1150. The third kappa shape index (κ3) is 6.44. The number of nitrogens with one attached hydrogen (secondary N) is 1. The van der Waals surface area contributed by atoms with Crippen molar-refractivity contribution in [3.63, 3.8) is 0 Å². The number of aromatic amines is 1. The van der Waals surface area contributed by atoms with Crippen molar-refractivity contribution in [2.24, 2.45) is 5.92 Å². The Morgan fingerprint density at radius 2 is 2.00 bits per heavy atom. The highest BCUT2D eigenvalue weighted by atomic mass is 35.5. The summed E-state index contributed by atoms with van der Waals surface area (Å²) in [6.07, 6.45) is 4.44. The van der Waals surface area contributed by atoms with Crippen LogP contribution in [0.5, 0.6) is 11.5 Å². The summed E-state index contributed by atoms with van der Waals surface area (Å²) in [5.74, 6) is 0.397. The Balaban J connectivity index is 2.50. The van der Waals surface area contributed by atoms with E-state index in [0.717, 1.165) is 6.42 Å². The van der Waals surface area contributed by atoms with Gasteiger partial charge in [-0.25, -0.2) is 4.79 Å². The second-order valence-electron chi connectivity index (χ2n) is 8.14. The van der Waals surface area contributed by atoms with Crippen LogP contribution in [0.1, 0.15) is 46.1 Å². The molecule has 9 nitrogen and oxygen atoms in total. The Hall–Kier alpha value is -3.20. The molecule has 0 radical (unpaired) electrons. The molecule has 0 aliphatic rings. The van der Waals surface area contributed by atoms with E-state index in [1.54, 1.807) is 18.2 Å². The molecular formula is C24H33ClN4O5. The number of hydrogen-bond acceptors (Lipinski definition) is 6. The lowest BCUT2D eigenvalue weighted by atomic mass is 10.1. The zero-order valence-electron chi connectivity index (χ0n) is 20.3. The van der Waals surface area contributed by atoms with Crippen molar-refractivity contribution in [1.29, 1.82) is 0 Å². The first-order valence-electron chi connectivity index (χ1n) is 11.3. The number of carbonyl (C=O) groups is 1. The number of nitrogen functional groups attached to an aromatic ring is 1. The Morgan fingerprint density at radius 1 is 1.29 bits per heavy atom. The number of benzene rings is 1. The predicted octanol–water partition coefficient (Wildman–Crippen LogP) is 3.68. The zero-order valence-corrected chi connectivity index (χ0v) is 21.1. The summed E-state index contributed by atoms with van der Waals surface area (Å²) in [5.41, 5.74) is 5.50. The quantitative estimate of drug-likeness (QED) is 0.462. The number of carbonyl (C=O) groups excluding carboxylic acids is 1. The monoisotopic (exact) mass is 492 g/mol. The molecule has 0 saturated carbocycles. The Morgan fingerprint density at radius 3 is 2.59 bits per heavy atom. The van der Waals surface area contributed by atoms with Gasteiger partial charge in [-0.15, -0.1) is 0 Å². The Kier molecular flexibility index (Phi) is 9.80. The average Bonchev–Trinajstić information content (AvgIpc) is 2.76. The molecule has 0 unspecified atom stereocenters. The van der Waals surface area contributed by atoms with E-state index in [9.17, 15) is 14.4 Å². The van der Waals surface area contributed by atoms with E-state index in [2.05, 4.69) is 4.98 Å². The second kappa shape index (κ2) is 12.3. The number of anilines is 2. The molecule has 0 spiro atoms. The molecule has 2 aromatic rings. The number of ether oxygens (including phenoxy) is 2. The van der Waals surface area contributed by atoms with Crippen molar-refractivity contribution in [1.82, 2.24) is 9.55 Å². The van der Waals surface area contributed by atoms with Crippen molar-refractivity contribution < 1.29 is 14.3 Å². The molecule has 1 amide bonds. The van der Waals surface area contributed by atoms with E-state index in [1.807, 2.05) is 27.7 Å². The molecule has 0 fully saturated rings. The highest BCUT2D eigenvalue weighted by molar-refractivity contribution is 6.32. The smallest absolute Gasteiger partial charge is 0.330 e. The second-order valence-corrected chi connectivity index (χ2v) is 8.55. The van der Waals surface area contributed by atoms with Gasteiger partial charge in [-0.05, 0) is 43.0 Å². The fourth-order valence-corrected chi connectivity index (χ4v) is 3.73. The fourth-order valence-electron chi connectivity index (χ4n) is 3.44. The van der Waals surface area contributed by atoms with Crippen LogP contribution in [-0.2, 0) is 11.3 Å². The van der Waals surface area contributed by atoms with Crippen LogP contribution >= 0.6 is 11.6 Å². The number of amides is 1. The molecule has 1 aromatic carbocycles. The van der Waals surface area contributed by atoms with E-state index in [0.29, 0.717) is 41.7 Å². The average molecular weight is 493 g/mol. The first-order valence-corrected chi connectivity index (χ1v) is 11.6. The number of nitrogens with two attached hydrogens (primary N) is 1. The van der Waals surface area contributed by atoms with Crippen LogP contribution in [0.2, 0.25) is 5.02 Å². The summed E-state index contributed by atoms with van der Waals surface area (Å²) >= 11 is 6.30. The summed E-state index contributed by atoms with van der Waals surface area (Å²) in [6.45, 7) is 8.64. The summed E-state index contributed by atoms with van der Waals surface area (Å²) in [6, 6.07) is 3.35. The van der Waals surface area contributed by atoms with Gasteiger partial charge in [0, 0.05) is 19.2 Å². The van der Waals surface area contributed by atoms with Crippen LogP contribution in [0.15, 0.2) is 27.8 Å². The van der Waals surface area contributed by atoms with E-state index in [4.69, 9.17) is 26.8 Å². The number of aromatic nitrogens is 2. The van der Waals surface area contributed by atoms with Gasteiger partial charge in [-0.3, -0.25) is 19.1 Å². The minimum absolute atomic E-state index is 0.0317. The van der Waals surface area contributed by atoms with Crippen molar-refractivity contribution >= 4 is 35.1 Å². The third-order valence-corrected chi connectivity index (χ3v) is 5.27. The number of H-pyrrole nitrogens is 1. The molecule has 1 aromatic heterocycles. The first kappa shape index (κ1) is 27.0. The number of methoxy groups -OCH3 is 1. The van der Waals surface area contributed by atoms with Crippen LogP contribution in [0.25, 0.3) is 6.08 Å². The van der Waals surface area contributed by atoms with Gasteiger partial charge < -0.3 is 20.1 Å². The molecule has 0 aliphatic heterocycles. The van der Waals surface area contributed by atoms with Crippen molar-refractivity contribution in [2.45, 2.75) is 47.1 Å². The van der Waals surface area contributed by atoms with Gasteiger partial charge in [-0.2, -0.15) is 0 Å². The lowest BCUT2D eigenvalue weighted by molar-refractivity contribution is -0.114. The van der Waals surface area contributed by atoms with Gasteiger partial charge in [0.15, 0.2) is 17.2 Å². The molecule has 0 aliphatic carbocycles. The van der Waals surface area contributed by atoms with Crippen LogP contribution in [0.4, 0.5) is 11.5 Å². The number of unbranched alkanes of at least 4 members (excludes halogenated alkanes) is 1. The molecule has 0 saturated heterocycles. The van der Waals surface area contributed by atoms with Gasteiger partial charge in [0.05, 0.1) is 18.7 Å². The molecule has 3 N–H and O–H groups in total. The number of hydrogen-bond donors (Lipinski definition) is 2. The van der Waals surface area contributed by atoms with Crippen LogP contribution in [0, 0.1) is 5.92 Å². The summed E-state index contributed by atoms with van der Waals surface area (Å²) in [4.78, 5) is 41.8. The van der Waals surface area contributed by atoms with Crippen molar-refractivity contribution in [2.75, 3.05) is 30.9 Å². The maximum absolute atomic E-state index is 13.2. The molecule has 10 heteroatoms. The lowest BCUT2D eigenvalue weighted by Crippen LogP contribution is -2.42. The highest BCUT2D eigenvalue weighted by Crippen LogP contribution is 2.36. The summed E-state index contributed by atoms with van der Waals surface area (Å²) < 4.78 is 12.2. The molecular weight excluding hydrogens is 460 g/mol. The summed E-state index contributed by atoms with van der Waals surface area (Å²) in [5, 5.41) is 0.336. The van der Waals surface area contributed by atoms with Crippen molar-refractivity contribution in [3.05, 3.63) is 49.6 Å². The number of halogens is 1. The van der Waals surface area contributed by atoms with Crippen LogP contribution in [-0.4, -0.2) is 35.7 Å². The fraction of sp³-hybridized carbons (Fsp3) is 0.458. The van der Waals surface area contributed by atoms with E-state index in [-0.39, 0.29) is 24.0 Å². The summed E-state index contributed by atoms with van der Waals surface area (Å²) in [7, 11) is 1.49. The highest BCUT2D eigenvalue weighted by Gasteiger charge is 2.23. The lowest BCUT2D eigenvalue weighted by Gasteiger charge is -2.25. The van der Waals surface area contributed by atoms with Crippen LogP contribution in [0.3, 0.4) is 0 Å². The molecule has 1 heterocycles. The van der Waals surface area contributed by atoms with E-state index >= 15 is 0 Å². The molecule has 2 rings (SSSR count). The number of nitrogens with zero attached hydrogens (tertiary/aromatic N) is 2. The predicted molar refractivity (Wildman–Crippen MR) is 136 cm³/mol. The SMILES string of the molecule is CCCCn1c(N)c(N(CC(C)C)C(=O)/C=C/c2cc(Cl)c(OC)c(OCC)c2)c(=O)[nH]c1=O. The maximum atomic E-state index is 13.2. The largest absolute Gasteiger partial charge is 0.491 e. The van der Waals surface area contributed by atoms with Gasteiger partial charge in [0.2, 0.25) is 0 Å². The third-order valence-electron chi connectivity index (χ3n) is 4.99. The van der Waals surface area contributed by atoms with Crippen molar-refractivity contribution in [3.8, 4) is 11.5 Å². The maximum Gasteiger partial charge on any atom is 0.330 e. The number of rotatable bonds is 11. The molecule has 0 bridgehead atoms. The van der Waals surface area contributed by atoms with Crippen LogP contribution < -0.4 is 31.4 Å². The molecule has 0 atom stereocenters. The normalized spacial score (nSPS) is 11.3.